The van der Waals surface area contributed by atoms with Gasteiger partial charge in [-0.15, -0.1) is 11.3 Å². The van der Waals surface area contributed by atoms with E-state index >= 15 is 0 Å². The number of benzene rings is 2. The summed E-state index contributed by atoms with van der Waals surface area (Å²) >= 11 is 1.32. The second kappa shape index (κ2) is 10.2. The fourth-order valence-electron chi connectivity index (χ4n) is 2.79. The number of nitrogens with one attached hydrogen (secondary N) is 1. The van der Waals surface area contributed by atoms with Gasteiger partial charge in [0.1, 0.15) is 22.4 Å². The Labute approximate surface area is 188 Å². The molecule has 0 aliphatic heterocycles. The lowest BCUT2D eigenvalue weighted by Crippen LogP contribution is -2.07. The molecule has 0 unspecified atom stereocenters. The zero-order chi connectivity index (χ0) is 23.1. The molecule has 9 heteroatoms. The highest BCUT2D eigenvalue weighted by atomic mass is 32.1. The van der Waals surface area contributed by atoms with Gasteiger partial charge >= 0.3 is 11.9 Å². The fraction of sp³-hybridized carbons (Fsp3) is 0.130. The summed E-state index contributed by atoms with van der Waals surface area (Å²) < 4.78 is 14.7. The van der Waals surface area contributed by atoms with Crippen LogP contribution in [0.4, 0.5) is 5.69 Å². The van der Waals surface area contributed by atoms with Crippen molar-refractivity contribution in [3.8, 4) is 23.1 Å². The predicted octanol–water partition coefficient (Wildman–Crippen LogP) is 4.37. The minimum absolute atomic E-state index is 0.166. The van der Waals surface area contributed by atoms with Gasteiger partial charge in [-0.2, -0.15) is 5.26 Å². The van der Waals surface area contributed by atoms with E-state index in [4.69, 9.17) is 14.2 Å². The van der Waals surface area contributed by atoms with E-state index in [1.807, 2.05) is 29.6 Å². The molecule has 32 heavy (non-hydrogen) atoms. The molecule has 0 fully saturated rings. The van der Waals surface area contributed by atoms with Crippen molar-refractivity contribution in [1.29, 1.82) is 5.26 Å². The first-order valence-electron chi connectivity index (χ1n) is 9.28. The van der Waals surface area contributed by atoms with Gasteiger partial charge in [0, 0.05) is 22.8 Å². The highest BCUT2D eigenvalue weighted by Gasteiger charge is 2.14. The van der Waals surface area contributed by atoms with Crippen LogP contribution in [0.15, 0.2) is 54.0 Å². The monoisotopic (exact) mass is 449 g/mol. The second-order valence-corrected chi connectivity index (χ2v) is 7.22. The van der Waals surface area contributed by atoms with Crippen molar-refractivity contribution in [1.82, 2.24) is 4.98 Å². The minimum Gasteiger partial charge on any atom is -0.497 e. The van der Waals surface area contributed by atoms with Crippen LogP contribution < -0.4 is 10.1 Å². The molecule has 3 rings (SSSR count). The quantitative estimate of drug-likeness (QED) is 0.418. The van der Waals surface area contributed by atoms with Gasteiger partial charge in [-0.25, -0.2) is 14.6 Å². The molecule has 3 aromatic rings. The van der Waals surface area contributed by atoms with Gasteiger partial charge in [-0.3, -0.25) is 0 Å². The van der Waals surface area contributed by atoms with E-state index in [9.17, 15) is 14.9 Å². The van der Waals surface area contributed by atoms with E-state index in [0.717, 1.165) is 5.56 Å². The van der Waals surface area contributed by atoms with Gasteiger partial charge in [0.2, 0.25) is 0 Å². The summed E-state index contributed by atoms with van der Waals surface area (Å²) in [6.45, 7) is 0. The Hall–Kier alpha value is -4.16. The molecule has 0 amide bonds. The first-order valence-corrected chi connectivity index (χ1v) is 10.2. The van der Waals surface area contributed by atoms with Crippen LogP contribution >= 0.6 is 11.3 Å². The van der Waals surface area contributed by atoms with E-state index in [0.29, 0.717) is 22.1 Å². The van der Waals surface area contributed by atoms with E-state index < -0.39 is 11.9 Å². The molecule has 0 radical (unpaired) electrons. The maximum absolute atomic E-state index is 11.9. The Morgan fingerprint density at radius 1 is 1.06 bits per heavy atom. The summed E-state index contributed by atoms with van der Waals surface area (Å²) in [6.07, 6.45) is 1.46. The number of nitrogens with zero attached hydrogens (tertiary/aromatic N) is 2. The second-order valence-electron chi connectivity index (χ2n) is 6.37. The number of anilines is 1. The van der Waals surface area contributed by atoms with Gasteiger partial charge in [0.15, 0.2) is 0 Å². The highest BCUT2D eigenvalue weighted by Crippen LogP contribution is 2.28. The standard InChI is InChI=1S/C23H19N3O5S/c1-29-19-6-4-5-14(10-19)20-13-32-21(26-20)17(11-24)12-25-18-8-15(22(27)30-2)7-16(9-18)23(28)31-3/h4-10,12-13,25H,1-3H3/b17-12-. The molecule has 0 saturated carbocycles. The van der Waals surface area contributed by atoms with Gasteiger partial charge in [-0.05, 0) is 30.3 Å². The molecule has 1 N–H and O–H groups in total. The lowest BCUT2D eigenvalue weighted by atomic mass is 10.1. The molecular formula is C23H19N3O5S. The number of carbonyl (C=O) groups is 2. The van der Waals surface area contributed by atoms with Crippen molar-refractivity contribution in [2.24, 2.45) is 0 Å². The largest absolute Gasteiger partial charge is 0.497 e. The number of carbonyl (C=O) groups excluding carboxylic acids is 2. The Bertz CT molecular complexity index is 1190. The number of esters is 2. The predicted molar refractivity (Wildman–Crippen MR) is 120 cm³/mol. The Kier molecular flexibility index (Phi) is 7.21. The summed E-state index contributed by atoms with van der Waals surface area (Å²) in [5, 5.41) is 14.9. The minimum atomic E-state index is -0.605. The summed E-state index contributed by atoms with van der Waals surface area (Å²) in [4.78, 5) is 28.4. The number of methoxy groups -OCH3 is 3. The zero-order valence-electron chi connectivity index (χ0n) is 17.5. The molecule has 0 spiro atoms. The third-order valence-electron chi connectivity index (χ3n) is 4.38. The van der Waals surface area contributed by atoms with E-state index in [1.54, 1.807) is 7.11 Å². The third kappa shape index (κ3) is 5.11. The molecule has 8 nitrogen and oxygen atoms in total. The van der Waals surface area contributed by atoms with Crippen LogP contribution in [-0.2, 0) is 9.47 Å². The average molecular weight is 449 g/mol. The number of rotatable bonds is 7. The van der Waals surface area contributed by atoms with Crippen molar-refractivity contribution in [3.05, 3.63) is 70.2 Å². The maximum atomic E-state index is 11.9. The average Bonchev–Trinajstić information content (AvgIpc) is 3.33. The fourth-order valence-corrected chi connectivity index (χ4v) is 3.59. The molecule has 2 aromatic carbocycles. The number of hydrogen-bond acceptors (Lipinski definition) is 9. The SMILES string of the molecule is COC(=O)c1cc(N/C=C(/C#N)c2nc(-c3cccc(OC)c3)cs2)cc(C(=O)OC)c1. The van der Waals surface area contributed by atoms with Crippen LogP contribution in [0.3, 0.4) is 0 Å². The molecule has 1 aromatic heterocycles. The third-order valence-corrected chi connectivity index (χ3v) is 5.25. The summed E-state index contributed by atoms with van der Waals surface area (Å²) in [6, 6.07) is 14.0. The van der Waals surface area contributed by atoms with Gasteiger partial charge < -0.3 is 19.5 Å². The van der Waals surface area contributed by atoms with Crippen molar-refractivity contribution < 1.29 is 23.8 Å². The van der Waals surface area contributed by atoms with Gasteiger partial charge in [-0.1, -0.05) is 12.1 Å². The number of aromatic nitrogens is 1. The van der Waals surface area contributed by atoms with E-state index in [1.165, 1.54) is 50.0 Å². The maximum Gasteiger partial charge on any atom is 0.337 e. The highest BCUT2D eigenvalue weighted by molar-refractivity contribution is 7.11. The summed E-state index contributed by atoms with van der Waals surface area (Å²) in [5.41, 5.74) is 2.60. The summed E-state index contributed by atoms with van der Waals surface area (Å²) in [7, 11) is 4.08. The molecule has 0 atom stereocenters. The first-order chi connectivity index (χ1) is 15.5. The lowest BCUT2D eigenvalue weighted by molar-refractivity contribution is 0.0599. The Balaban J connectivity index is 1.89. The topological polar surface area (TPSA) is 111 Å². The molecular weight excluding hydrogens is 430 g/mol. The summed E-state index contributed by atoms with van der Waals surface area (Å²) in [5.74, 6) is -0.501. The van der Waals surface area contributed by atoms with Crippen LogP contribution in [0.2, 0.25) is 0 Å². The first kappa shape index (κ1) is 22.5. The van der Waals surface area contributed by atoms with Crippen LogP contribution in [0, 0.1) is 11.3 Å². The number of hydrogen-bond donors (Lipinski definition) is 1. The Morgan fingerprint density at radius 3 is 2.34 bits per heavy atom. The Morgan fingerprint density at radius 2 is 1.75 bits per heavy atom. The normalized spacial score (nSPS) is 10.8. The van der Waals surface area contributed by atoms with Crippen LogP contribution in [0.5, 0.6) is 5.75 Å². The van der Waals surface area contributed by atoms with Crippen LogP contribution in [0.1, 0.15) is 25.7 Å². The van der Waals surface area contributed by atoms with Crippen molar-refractivity contribution in [2.45, 2.75) is 0 Å². The molecule has 0 aliphatic carbocycles. The van der Waals surface area contributed by atoms with Crippen molar-refractivity contribution >= 4 is 34.5 Å². The number of nitriles is 1. The van der Waals surface area contributed by atoms with Crippen molar-refractivity contribution in [2.75, 3.05) is 26.6 Å². The zero-order valence-corrected chi connectivity index (χ0v) is 18.4. The van der Waals surface area contributed by atoms with E-state index in [-0.39, 0.29) is 16.7 Å². The molecule has 0 saturated heterocycles. The lowest BCUT2D eigenvalue weighted by Gasteiger charge is -2.08. The molecule has 1 heterocycles. The number of thiazole rings is 1. The van der Waals surface area contributed by atoms with Crippen LogP contribution in [-0.4, -0.2) is 38.3 Å². The van der Waals surface area contributed by atoms with Gasteiger partial charge in [0.05, 0.1) is 38.2 Å². The number of allylic oxidation sites excluding steroid dienone is 1. The number of ether oxygens (including phenoxy) is 3. The molecule has 0 aliphatic rings. The van der Waals surface area contributed by atoms with Crippen LogP contribution in [0.25, 0.3) is 16.8 Å². The van der Waals surface area contributed by atoms with Gasteiger partial charge in [0.25, 0.3) is 0 Å². The smallest absolute Gasteiger partial charge is 0.337 e. The van der Waals surface area contributed by atoms with E-state index in [2.05, 4.69) is 16.4 Å². The van der Waals surface area contributed by atoms with Crippen molar-refractivity contribution in [3.63, 3.8) is 0 Å². The molecule has 162 valence electrons. The molecule has 0 bridgehead atoms.